The van der Waals surface area contributed by atoms with Crippen molar-refractivity contribution in [2.75, 3.05) is 20.3 Å². The highest BCUT2D eigenvalue weighted by Crippen LogP contribution is 2.40. The van der Waals surface area contributed by atoms with E-state index < -0.39 is 12.6 Å². The Labute approximate surface area is 154 Å². The molecule has 0 bridgehead atoms. The van der Waals surface area contributed by atoms with E-state index in [1.165, 1.54) is 19.2 Å². The molecule has 3 aromatic rings. The van der Waals surface area contributed by atoms with E-state index in [0.29, 0.717) is 16.9 Å². The molecule has 3 rings (SSSR count). The minimum atomic E-state index is -0.599. The fourth-order valence-corrected chi connectivity index (χ4v) is 2.60. The second-order valence-electron chi connectivity index (χ2n) is 5.58. The minimum Gasteiger partial charge on any atom is -0.508 e. The third-order valence-electron chi connectivity index (χ3n) is 3.85. The molecule has 0 unspecified atom stereocenters. The minimum absolute atomic E-state index is 0.0393. The van der Waals surface area contributed by atoms with Crippen LogP contribution < -0.4 is 10.1 Å². The maximum atomic E-state index is 12.2. The molecular formula is C19H17FN2O5. The number of ether oxygens (including phenoxy) is 1. The molecule has 0 aliphatic carbocycles. The van der Waals surface area contributed by atoms with E-state index in [0.717, 1.165) is 6.07 Å². The molecule has 0 spiro atoms. The molecular weight excluding hydrogens is 354 g/mol. The SMILES string of the molecule is CNC(=O)c1noc(-c2ccc(O)cc2O)c1-c1ccc(OCC[18F])cc1. The predicted octanol–water partition coefficient (Wildman–Crippen LogP) is 3.13. The number of amides is 1. The van der Waals surface area contributed by atoms with Gasteiger partial charge in [0.25, 0.3) is 5.91 Å². The topological polar surface area (TPSA) is 105 Å². The summed E-state index contributed by atoms with van der Waals surface area (Å²) in [5.74, 6) is -0.153. The zero-order chi connectivity index (χ0) is 19.4. The third kappa shape index (κ3) is 3.69. The van der Waals surface area contributed by atoms with Gasteiger partial charge in [-0.15, -0.1) is 0 Å². The van der Waals surface area contributed by atoms with Gasteiger partial charge in [0.15, 0.2) is 11.5 Å². The van der Waals surface area contributed by atoms with Gasteiger partial charge in [-0.25, -0.2) is 4.39 Å². The number of benzene rings is 2. The second kappa shape index (κ2) is 7.77. The molecule has 0 atom stereocenters. The van der Waals surface area contributed by atoms with Gasteiger partial charge in [0.1, 0.15) is 30.5 Å². The molecule has 27 heavy (non-hydrogen) atoms. The number of hydrogen-bond acceptors (Lipinski definition) is 6. The van der Waals surface area contributed by atoms with E-state index in [1.807, 2.05) is 0 Å². The molecule has 0 fully saturated rings. The Kier molecular flexibility index (Phi) is 5.25. The number of nitrogens with one attached hydrogen (secondary N) is 1. The van der Waals surface area contributed by atoms with Crippen LogP contribution in [0.3, 0.4) is 0 Å². The summed E-state index contributed by atoms with van der Waals surface area (Å²) in [5.41, 5.74) is 1.26. The zero-order valence-electron chi connectivity index (χ0n) is 14.4. The van der Waals surface area contributed by atoms with Gasteiger partial charge in [0.2, 0.25) is 0 Å². The average molecular weight is 371 g/mol. The first kappa shape index (κ1) is 18.2. The van der Waals surface area contributed by atoms with Crippen LogP contribution >= 0.6 is 0 Å². The average Bonchev–Trinajstić information content (AvgIpc) is 3.11. The fraction of sp³-hybridized carbons (Fsp3) is 0.158. The van der Waals surface area contributed by atoms with Crippen molar-refractivity contribution in [3.05, 3.63) is 48.2 Å². The van der Waals surface area contributed by atoms with Crippen LogP contribution in [-0.4, -0.2) is 41.6 Å². The summed E-state index contributed by atoms with van der Waals surface area (Å²) in [6.45, 7) is -0.652. The number of carbonyl (C=O) groups is 1. The van der Waals surface area contributed by atoms with E-state index >= 15 is 0 Å². The molecule has 140 valence electrons. The summed E-state index contributed by atoms with van der Waals surface area (Å²) >= 11 is 0. The number of hydrogen-bond donors (Lipinski definition) is 3. The van der Waals surface area contributed by atoms with Crippen molar-refractivity contribution in [1.29, 1.82) is 0 Å². The lowest BCUT2D eigenvalue weighted by Crippen LogP contribution is -2.19. The number of rotatable bonds is 6. The quantitative estimate of drug-likeness (QED) is 0.615. The number of aromatic nitrogens is 1. The van der Waals surface area contributed by atoms with Crippen LogP contribution in [0.2, 0.25) is 0 Å². The van der Waals surface area contributed by atoms with E-state index in [-0.39, 0.29) is 35.1 Å². The van der Waals surface area contributed by atoms with E-state index in [9.17, 15) is 19.4 Å². The van der Waals surface area contributed by atoms with Crippen molar-refractivity contribution in [3.8, 4) is 39.7 Å². The highest BCUT2D eigenvalue weighted by atomic mass is 18.2. The lowest BCUT2D eigenvalue weighted by atomic mass is 9.98. The van der Waals surface area contributed by atoms with Crippen LogP contribution in [0.5, 0.6) is 17.2 Å². The highest BCUT2D eigenvalue weighted by Gasteiger charge is 2.25. The van der Waals surface area contributed by atoms with Crippen LogP contribution in [0.15, 0.2) is 47.0 Å². The molecule has 0 aliphatic rings. The number of halogens is 1. The predicted molar refractivity (Wildman–Crippen MR) is 95.6 cm³/mol. The van der Waals surface area contributed by atoms with Crippen molar-refractivity contribution in [3.63, 3.8) is 0 Å². The standard InChI is InChI=1S/C19H17FN2O5/c1-21-19(25)17-16(11-2-5-13(6-3-11)26-9-8-20)18(27-22-17)14-7-4-12(23)10-15(14)24/h2-7,10,23-24H,8-9H2,1H3,(H,21,25)/i20-1. The molecule has 3 N–H and O–H groups in total. The molecule has 1 heterocycles. The molecule has 0 aliphatic heterocycles. The van der Waals surface area contributed by atoms with Crippen molar-refractivity contribution in [2.45, 2.75) is 0 Å². The van der Waals surface area contributed by atoms with Gasteiger partial charge in [-0.2, -0.15) is 0 Å². The summed E-state index contributed by atoms with van der Waals surface area (Å²) in [6, 6.07) is 10.6. The first-order valence-corrected chi connectivity index (χ1v) is 8.08. The maximum absolute atomic E-state index is 12.2. The van der Waals surface area contributed by atoms with Gasteiger partial charge >= 0.3 is 0 Å². The summed E-state index contributed by atoms with van der Waals surface area (Å²) in [6.07, 6.45) is 0. The van der Waals surface area contributed by atoms with Crippen LogP contribution in [0, 0.1) is 0 Å². The van der Waals surface area contributed by atoms with Gasteiger partial charge in [0, 0.05) is 13.1 Å². The first-order valence-electron chi connectivity index (χ1n) is 8.08. The molecule has 7 nitrogen and oxygen atoms in total. The van der Waals surface area contributed by atoms with Crippen molar-refractivity contribution in [1.82, 2.24) is 10.5 Å². The van der Waals surface area contributed by atoms with Gasteiger partial charge in [-0.05, 0) is 29.8 Å². The Hall–Kier alpha value is -3.55. The summed E-state index contributed by atoms with van der Waals surface area (Å²) < 4.78 is 22.8. The Morgan fingerprint density at radius 2 is 1.96 bits per heavy atom. The van der Waals surface area contributed by atoms with E-state index in [4.69, 9.17) is 9.26 Å². The monoisotopic (exact) mass is 371 g/mol. The first-order chi connectivity index (χ1) is 13.0. The fourth-order valence-electron chi connectivity index (χ4n) is 2.60. The lowest BCUT2D eigenvalue weighted by molar-refractivity contribution is 0.0955. The summed E-state index contributed by atoms with van der Waals surface area (Å²) in [4.78, 5) is 12.2. The zero-order valence-corrected chi connectivity index (χ0v) is 14.4. The smallest absolute Gasteiger partial charge is 0.273 e. The number of alkyl halides is 1. The second-order valence-corrected chi connectivity index (χ2v) is 5.58. The number of aromatic hydroxyl groups is 2. The Bertz CT molecular complexity index is 953. The lowest BCUT2D eigenvalue weighted by Gasteiger charge is -2.08. The molecule has 1 amide bonds. The summed E-state index contributed by atoms with van der Waals surface area (Å²) in [7, 11) is 1.46. The molecule has 2 aromatic carbocycles. The molecule has 8 heteroatoms. The van der Waals surface area contributed by atoms with Crippen molar-refractivity contribution < 1.29 is 28.7 Å². The Balaban J connectivity index is 2.11. The number of phenols is 2. The highest BCUT2D eigenvalue weighted by molar-refractivity contribution is 6.02. The van der Waals surface area contributed by atoms with Crippen molar-refractivity contribution in [2.24, 2.45) is 0 Å². The van der Waals surface area contributed by atoms with Crippen LogP contribution in [0.1, 0.15) is 10.5 Å². The van der Waals surface area contributed by atoms with E-state index in [1.54, 1.807) is 24.3 Å². The van der Waals surface area contributed by atoms with Crippen molar-refractivity contribution >= 4 is 5.91 Å². The molecule has 0 radical (unpaired) electrons. The van der Waals surface area contributed by atoms with Crippen LogP contribution in [0.25, 0.3) is 22.5 Å². The van der Waals surface area contributed by atoms with Crippen LogP contribution in [0.4, 0.5) is 4.39 Å². The number of carbonyl (C=O) groups excluding carboxylic acids is 1. The normalized spacial score (nSPS) is 10.6. The number of nitrogens with zero attached hydrogens (tertiary/aromatic N) is 1. The summed E-state index contributed by atoms with van der Waals surface area (Å²) in [5, 5.41) is 26.0. The Morgan fingerprint density at radius 3 is 2.59 bits per heavy atom. The largest absolute Gasteiger partial charge is 0.508 e. The Morgan fingerprint density at radius 1 is 1.22 bits per heavy atom. The van der Waals surface area contributed by atoms with Gasteiger partial charge < -0.3 is 24.8 Å². The molecule has 0 saturated heterocycles. The molecule has 1 aromatic heterocycles. The maximum Gasteiger partial charge on any atom is 0.273 e. The third-order valence-corrected chi connectivity index (χ3v) is 3.85. The van der Waals surface area contributed by atoms with Gasteiger partial charge in [-0.3, -0.25) is 4.79 Å². The van der Waals surface area contributed by atoms with E-state index in [2.05, 4.69) is 10.5 Å². The van der Waals surface area contributed by atoms with Gasteiger partial charge in [-0.1, -0.05) is 17.3 Å². The number of phenolic OH excluding ortho intramolecular Hbond substituents is 2. The molecule has 0 saturated carbocycles. The van der Waals surface area contributed by atoms with Gasteiger partial charge in [0.05, 0.1) is 11.1 Å². The van der Waals surface area contributed by atoms with Crippen LogP contribution in [-0.2, 0) is 0 Å².